The highest BCUT2D eigenvalue weighted by Crippen LogP contribution is 2.70. The van der Waals surface area contributed by atoms with Gasteiger partial charge in [-0.25, -0.2) is 4.39 Å². The maximum Gasteiger partial charge on any atom is 0.155 e. The summed E-state index contributed by atoms with van der Waals surface area (Å²) in [5.74, 6) is -0.0593. The Morgan fingerprint density at radius 3 is 2.54 bits per heavy atom. The van der Waals surface area contributed by atoms with Crippen molar-refractivity contribution in [1.82, 2.24) is 0 Å². The third kappa shape index (κ3) is 1.72. The van der Waals surface area contributed by atoms with E-state index in [2.05, 4.69) is 0 Å². The van der Waals surface area contributed by atoms with E-state index in [4.69, 9.17) is 0 Å². The molecule has 7 atom stereocenters. The number of aliphatic hydroxyl groups is 2. The topological polar surface area (TPSA) is 57.5 Å². The lowest BCUT2D eigenvalue weighted by Gasteiger charge is -2.63. The Balaban J connectivity index is 1.82. The summed E-state index contributed by atoms with van der Waals surface area (Å²) in [5, 5.41) is 21.9. The molecule has 0 aromatic carbocycles. The second kappa shape index (κ2) is 4.70. The summed E-state index contributed by atoms with van der Waals surface area (Å²) in [6, 6.07) is 0. The molecule has 0 aromatic rings. The van der Waals surface area contributed by atoms with Crippen LogP contribution in [0, 0.1) is 22.7 Å². The van der Waals surface area contributed by atoms with Gasteiger partial charge in [-0.3, -0.25) is 4.79 Å². The summed E-state index contributed by atoms with van der Waals surface area (Å²) < 4.78 is 16.6. The van der Waals surface area contributed by atoms with Gasteiger partial charge in [0, 0.05) is 23.2 Å². The number of aliphatic hydroxyl groups excluding tert-OH is 1. The summed E-state index contributed by atoms with van der Waals surface area (Å²) in [5.41, 5.74) is -2.83. The molecule has 4 rings (SSSR count). The maximum atomic E-state index is 16.6. The van der Waals surface area contributed by atoms with Crippen molar-refractivity contribution in [2.24, 2.45) is 22.7 Å². The monoisotopic (exact) mass is 336 g/mol. The molecule has 0 aromatic heterocycles. The predicted octanol–water partition coefficient (Wildman–Crippen LogP) is 3.33. The number of alkyl halides is 1. The van der Waals surface area contributed by atoms with Crippen LogP contribution in [0.1, 0.15) is 65.7 Å². The van der Waals surface area contributed by atoms with Gasteiger partial charge in [0.2, 0.25) is 0 Å². The zero-order chi connectivity index (χ0) is 17.5. The van der Waals surface area contributed by atoms with Crippen LogP contribution in [0.25, 0.3) is 0 Å². The van der Waals surface area contributed by atoms with Gasteiger partial charge in [-0.15, -0.1) is 0 Å². The molecule has 0 unspecified atom stereocenters. The first-order chi connectivity index (χ1) is 11.1. The van der Waals surface area contributed by atoms with Crippen molar-refractivity contribution in [1.29, 1.82) is 0 Å². The first kappa shape index (κ1) is 16.7. The molecular formula is C20H29FO3. The van der Waals surface area contributed by atoms with E-state index in [1.54, 1.807) is 6.08 Å². The molecule has 3 nitrogen and oxygen atoms in total. The van der Waals surface area contributed by atoms with Crippen LogP contribution in [0.2, 0.25) is 0 Å². The highest BCUT2D eigenvalue weighted by Gasteiger charge is 2.72. The highest BCUT2D eigenvalue weighted by molar-refractivity contribution is 5.91. The number of carbonyl (C=O) groups is 1. The zero-order valence-corrected chi connectivity index (χ0v) is 14.9. The third-order valence-corrected chi connectivity index (χ3v) is 8.60. The van der Waals surface area contributed by atoms with Crippen LogP contribution in [0.15, 0.2) is 11.6 Å². The van der Waals surface area contributed by atoms with Gasteiger partial charge < -0.3 is 10.2 Å². The van der Waals surface area contributed by atoms with Gasteiger partial charge in [0.15, 0.2) is 5.78 Å². The Morgan fingerprint density at radius 2 is 1.83 bits per heavy atom. The molecule has 4 aliphatic carbocycles. The number of halogens is 1. The van der Waals surface area contributed by atoms with E-state index in [9.17, 15) is 15.0 Å². The van der Waals surface area contributed by atoms with Crippen LogP contribution in [0.3, 0.4) is 0 Å². The molecule has 0 aliphatic heterocycles. The van der Waals surface area contributed by atoms with Crippen LogP contribution in [-0.4, -0.2) is 33.4 Å². The summed E-state index contributed by atoms with van der Waals surface area (Å²) in [7, 11) is 0. The average molecular weight is 336 g/mol. The van der Waals surface area contributed by atoms with Gasteiger partial charge in [0.1, 0.15) is 5.67 Å². The fraction of sp³-hybridized carbons (Fsp3) is 0.850. The van der Waals surface area contributed by atoms with E-state index in [-0.39, 0.29) is 17.6 Å². The molecule has 0 bridgehead atoms. The number of allylic oxidation sites excluding steroid dienone is 1. The second-order valence-corrected chi connectivity index (χ2v) is 9.44. The lowest BCUT2D eigenvalue weighted by molar-refractivity contribution is -0.225. The standard InChI is InChI=1S/C20H29FO3/c1-17-8-6-13(22)10-12(17)4-5-15-14-7-9-19(3,24)18(14,2)11-16(23)20(15,17)21/h10,14-16,23-24H,4-9,11H2,1-3H3/t14-,15-,16-,17-,18-,19-,20-/m1/s1. The molecule has 2 N–H and O–H groups in total. The Labute approximate surface area is 143 Å². The Bertz CT molecular complexity index is 626. The average Bonchev–Trinajstić information content (AvgIpc) is 2.72. The fourth-order valence-electron chi connectivity index (χ4n) is 6.79. The lowest BCUT2D eigenvalue weighted by atomic mass is 9.44. The molecule has 0 spiro atoms. The molecule has 0 heterocycles. The highest BCUT2D eigenvalue weighted by atomic mass is 19.1. The molecule has 4 heteroatoms. The number of ketones is 1. The number of fused-ring (bicyclic) bond motifs is 5. The van der Waals surface area contributed by atoms with Crippen LogP contribution in [0.4, 0.5) is 4.39 Å². The summed E-state index contributed by atoms with van der Waals surface area (Å²) in [4.78, 5) is 11.8. The predicted molar refractivity (Wildman–Crippen MR) is 89.1 cm³/mol. The smallest absolute Gasteiger partial charge is 0.155 e. The van der Waals surface area contributed by atoms with Gasteiger partial charge >= 0.3 is 0 Å². The molecule has 0 amide bonds. The second-order valence-electron chi connectivity index (χ2n) is 9.44. The summed E-state index contributed by atoms with van der Waals surface area (Å²) in [6.45, 7) is 5.79. The SMILES string of the molecule is C[C@@]1(O)CC[C@@H]2[C@H]3CCC4=CC(=O)CC[C@@]4(C)[C@]3(F)[C@H](O)C[C@]21C. The molecule has 24 heavy (non-hydrogen) atoms. The fourth-order valence-corrected chi connectivity index (χ4v) is 6.79. The van der Waals surface area contributed by atoms with Crippen molar-refractivity contribution in [3.8, 4) is 0 Å². The largest absolute Gasteiger partial charge is 0.390 e. The van der Waals surface area contributed by atoms with Crippen molar-refractivity contribution < 1.29 is 19.4 Å². The zero-order valence-electron chi connectivity index (χ0n) is 14.9. The molecule has 4 aliphatic rings. The van der Waals surface area contributed by atoms with Gasteiger partial charge in [0.25, 0.3) is 0 Å². The maximum absolute atomic E-state index is 16.6. The number of hydrogen-bond donors (Lipinski definition) is 2. The van der Waals surface area contributed by atoms with Crippen LogP contribution in [-0.2, 0) is 4.79 Å². The minimum atomic E-state index is -1.69. The quantitative estimate of drug-likeness (QED) is 0.713. The Hall–Kier alpha value is -0.740. The molecule has 3 fully saturated rings. The van der Waals surface area contributed by atoms with Gasteiger partial charge in [-0.2, -0.15) is 0 Å². The van der Waals surface area contributed by atoms with Crippen LogP contribution < -0.4 is 0 Å². The van der Waals surface area contributed by atoms with Gasteiger partial charge in [0.05, 0.1) is 11.7 Å². The Morgan fingerprint density at radius 1 is 1.12 bits per heavy atom. The molecule has 0 radical (unpaired) electrons. The van der Waals surface area contributed by atoms with Crippen LogP contribution in [0.5, 0.6) is 0 Å². The molecule has 134 valence electrons. The number of rotatable bonds is 0. The first-order valence-electron chi connectivity index (χ1n) is 9.39. The number of carbonyl (C=O) groups excluding carboxylic acids is 1. The van der Waals surface area contributed by atoms with Crippen molar-refractivity contribution in [3.05, 3.63) is 11.6 Å². The third-order valence-electron chi connectivity index (χ3n) is 8.60. The van der Waals surface area contributed by atoms with E-state index < -0.39 is 28.2 Å². The van der Waals surface area contributed by atoms with E-state index in [0.29, 0.717) is 32.1 Å². The summed E-state index contributed by atoms with van der Waals surface area (Å²) in [6.07, 6.45) is 4.60. The minimum Gasteiger partial charge on any atom is -0.390 e. The van der Waals surface area contributed by atoms with Crippen molar-refractivity contribution in [3.63, 3.8) is 0 Å². The molecular weight excluding hydrogens is 307 g/mol. The van der Waals surface area contributed by atoms with E-state index in [1.807, 2.05) is 20.8 Å². The number of hydrogen-bond acceptors (Lipinski definition) is 3. The lowest BCUT2D eigenvalue weighted by Crippen LogP contribution is -2.68. The van der Waals surface area contributed by atoms with E-state index in [0.717, 1.165) is 18.4 Å². The molecule has 0 saturated heterocycles. The van der Waals surface area contributed by atoms with Crippen molar-refractivity contribution in [2.75, 3.05) is 0 Å². The summed E-state index contributed by atoms with van der Waals surface area (Å²) >= 11 is 0. The van der Waals surface area contributed by atoms with Crippen molar-refractivity contribution in [2.45, 2.75) is 83.1 Å². The minimum absolute atomic E-state index is 0.0865. The van der Waals surface area contributed by atoms with Crippen LogP contribution >= 0.6 is 0 Å². The van der Waals surface area contributed by atoms with E-state index >= 15 is 4.39 Å². The first-order valence-corrected chi connectivity index (χ1v) is 9.39. The van der Waals surface area contributed by atoms with Gasteiger partial charge in [-0.1, -0.05) is 19.4 Å². The molecule has 3 saturated carbocycles. The van der Waals surface area contributed by atoms with Crippen molar-refractivity contribution >= 4 is 5.78 Å². The van der Waals surface area contributed by atoms with E-state index in [1.165, 1.54) is 0 Å². The Kier molecular flexibility index (Phi) is 3.27. The normalized spacial score (nSPS) is 57.0. The van der Waals surface area contributed by atoms with Gasteiger partial charge in [-0.05, 0) is 57.4 Å².